The van der Waals surface area contributed by atoms with Gasteiger partial charge in [0.2, 0.25) is 0 Å². The molecule has 3 heteroatoms. The predicted molar refractivity (Wildman–Crippen MR) is 43.2 cm³/mol. The fourth-order valence-electron chi connectivity index (χ4n) is 0.834. The number of anilines is 1. The van der Waals surface area contributed by atoms with Crippen LogP contribution in [-0.4, -0.2) is 6.29 Å². The normalized spacial score (nSPS) is 9.70. The van der Waals surface area contributed by atoms with Crippen LogP contribution in [0.4, 0.5) is 5.00 Å². The molecule has 0 spiro atoms. The number of rotatable bonds is 2. The first kappa shape index (κ1) is 7.28. The molecule has 2 N–H and O–H groups in total. The van der Waals surface area contributed by atoms with E-state index in [1.165, 1.54) is 11.3 Å². The van der Waals surface area contributed by atoms with Crippen LogP contribution in [0.25, 0.3) is 0 Å². The number of carbonyl (C=O) groups excluding carboxylic acids is 1. The third-order valence-corrected chi connectivity index (χ3v) is 2.19. The summed E-state index contributed by atoms with van der Waals surface area (Å²) in [5, 5.41) is 0.768. The Kier molecular flexibility index (Phi) is 2.06. The van der Waals surface area contributed by atoms with Crippen LogP contribution in [0.15, 0.2) is 6.07 Å². The van der Waals surface area contributed by atoms with Gasteiger partial charge < -0.3 is 10.5 Å². The van der Waals surface area contributed by atoms with Crippen molar-refractivity contribution in [3.05, 3.63) is 16.5 Å². The van der Waals surface area contributed by atoms with Crippen LogP contribution in [0.1, 0.15) is 10.4 Å². The van der Waals surface area contributed by atoms with E-state index in [0.717, 1.165) is 21.7 Å². The summed E-state index contributed by atoms with van der Waals surface area (Å²) >= 11 is 1.53. The first-order valence-electron chi connectivity index (χ1n) is 3.02. The van der Waals surface area contributed by atoms with Crippen LogP contribution in [0.2, 0.25) is 0 Å². The summed E-state index contributed by atoms with van der Waals surface area (Å²) < 4.78 is 0. The summed E-state index contributed by atoms with van der Waals surface area (Å²) in [6.45, 7) is 1.98. The van der Waals surface area contributed by atoms with Crippen molar-refractivity contribution in [2.24, 2.45) is 0 Å². The molecule has 0 bridgehead atoms. The zero-order valence-electron chi connectivity index (χ0n) is 5.76. The molecule has 1 heterocycles. The molecule has 0 amide bonds. The van der Waals surface area contributed by atoms with Crippen LogP contribution < -0.4 is 5.73 Å². The van der Waals surface area contributed by atoms with Crippen molar-refractivity contribution in [3.8, 4) is 0 Å². The van der Waals surface area contributed by atoms with Crippen LogP contribution in [-0.2, 0) is 11.2 Å². The van der Waals surface area contributed by atoms with Gasteiger partial charge in [-0.1, -0.05) is 0 Å². The van der Waals surface area contributed by atoms with Crippen molar-refractivity contribution in [2.45, 2.75) is 13.3 Å². The first-order chi connectivity index (χ1) is 4.74. The lowest BCUT2D eigenvalue weighted by Gasteiger charge is -1.87. The quantitative estimate of drug-likeness (QED) is 0.656. The lowest BCUT2D eigenvalue weighted by atomic mass is 10.2. The lowest BCUT2D eigenvalue weighted by molar-refractivity contribution is -0.107. The minimum atomic E-state index is 0.441. The SMILES string of the molecule is Cc1cc(CC=O)c(N)s1. The number of hydrogen-bond donors (Lipinski definition) is 1. The molecule has 54 valence electrons. The Bertz CT molecular complexity index is 242. The van der Waals surface area contributed by atoms with E-state index in [4.69, 9.17) is 5.73 Å². The molecule has 0 aliphatic carbocycles. The summed E-state index contributed by atoms with van der Waals surface area (Å²) in [4.78, 5) is 11.2. The maximum atomic E-state index is 10.1. The van der Waals surface area contributed by atoms with Crippen molar-refractivity contribution >= 4 is 22.6 Å². The van der Waals surface area contributed by atoms with Gasteiger partial charge in [0.15, 0.2) is 0 Å². The summed E-state index contributed by atoms with van der Waals surface area (Å²) in [6, 6.07) is 1.95. The maximum absolute atomic E-state index is 10.1. The zero-order valence-corrected chi connectivity index (χ0v) is 6.57. The van der Waals surface area contributed by atoms with Gasteiger partial charge in [-0.2, -0.15) is 0 Å². The second kappa shape index (κ2) is 2.84. The third kappa shape index (κ3) is 1.36. The smallest absolute Gasteiger partial charge is 0.124 e. The van der Waals surface area contributed by atoms with E-state index in [-0.39, 0.29) is 0 Å². The van der Waals surface area contributed by atoms with Crippen LogP contribution in [0.3, 0.4) is 0 Å². The molecule has 2 nitrogen and oxygen atoms in total. The van der Waals surface area contributed by atoms with Crippen molar-refractivity contribution in [1.29, 1.82) is 0 Å². The number of nitrogens with two attached hydrogens (primary N) is 1. The highest BCUT2D eigenvalue weighted by Crippen LogP contribution is 2.23. The maximum Gasteiger partial charge on any atom is 0.124 e. The molecular formula is C7H9NOS. The average molecular weight is 155 g/mol. The van der Waals surface area contributed by atoms with Gasteiger partial charge in [0.25, 0.3) is 0 Å². The van der Waals surface area contributed by atoms with E-state index in [1.807, 2.05) is 13.0 Å². The molecule has 0 atom stereocenters. The van der Waals surface area contributed by atoms with Crippen molar-refractivity contribution in [2.75, 3.05) is 5.73 Å². The lowest BCUT2D eigenvalue weighted by Crippen LogP contribution is -1.88. The molecule has 0 aliphatic heterocycles. The number of carbonyl (C=O) groups is 1. The minimum absolute atomic E-state index is 0.441. The minimum Gasteiger partial charge on any atom is -0.390 e. The fourth-order valence-corrected chi connectivity index (χ4v) is 1.66. The van der Waals surface area contributed by atoms with Gasteiger partial charge in [0, 0.05) is 11.3 Å². The van der Waals surface area contributed by atoms with Crippen molar-refractivity contribution in [3.63, 3.8) is 0 Å². The van der Waals surface area contributed by atoms with E-state index >= 15 is 0 Å². The largest absolute Gasteiger partial charge is 0.390 e. The van der Waals surface area contributed by atoms with Gasteiger partial charge >= 0.3 is 0 Å². The van der Waals surface area contributed by atoms with Crippen LogP contribution in [0, 0.1) is 6.92 Å². The Morgan fingerprint density at radius 3 is 2.90 bits per heavy atom. The predicted octanol–water partition coefficient (Wildman–Crippen LogP) is 1.38. The molecule has 0 aromatic carbocycles. The average Bonchev–Trinajstić information content (AvgIpc) is 2.13. The van der Waals surface area contributed by atoms with Gasteiger partial charge in [-0.25, -0.2) is 0 Å². The van der Waals surface area contributed by atoms with Gasteiger partial charge in [-0.3, -0.25) is 0 Å². The third-order valence-electron chi connectivity index (χ3n) is 1.27. The standard InChI is InChI=1S/C7H9NOS/c1-5-4-6(2-3-9)7(8)10-5/h3-4H,2,8H2,1H3. The number of hydrogen-bond acceptors (Lipinski definition) is 3. The number of thiophene rings is 1. The topological polar surface area (TPSA) is 43.1 Å². The van der Waals surface area contributed by atoms with Gasteiger partial charge in [-0.15, -0.1) is 11.3 Å². The molecule has 0 fully saturated rings. The van der Waals surface area contributed by atoms with E-state index in [0.29, 0.717) is 6.42 Å². The Morgan fingerprint density at radius 2 is 2.50 bits per heavy atom. The van der Waals surface area contributed by atoms with E-state index in [9.17, 15) is 4.79 Å². The Balaban J connectivity index is 2.91. The zero-order chi connectivity index (χ0) is 7.56. The fraction of sp³-hybridized carbons (Fsp3) is 0.286. The highest BCUT2D eigenvalue weighted by Gasteiger charge is 2.00. The highest BCUT2D eigenvalue weighted by atomic mass is 32.1. The Morgan fingerprint density at radius 1 is 1.80 bits per heavy atom. The van der Waals surface area contributed by atoms with Crippen molar-refractivity contribution < 1.29 is 4.79 Å². The van der Waals surface area contributed by atoms with Gasteiger partial charge in [-0.05, 0) is 18.6 Å². The second-order valence-electron chi connectivity index (χ2n) is 2.12. The molecule has 0 saturated carbocycles. The summed E-state index contributed by atoms with van der Waals surface area (Å²) in [7, 11) is 0. The first-order valence-corrected chi connectivity index (χ1v) is 3.84. The molecule has 10 heavy (non-hydrogen) atoms. The number of aldehydes is 1. The number of nitrogen functional groups attached to an aromatic ring is 1. The molecule has 1 aromatic rings. The molecule has 0 aliphatic rings. The Hall–Kier alpha value is -0.830. The Labute approximate surface area is 63.7 Å². The van der Waals surface area contributed by atoms with Crippen molar-refractivity contribution in [1.82, 2.24) is 0 Å². The molecule has 1 rings (SSSR count). The van der Waals surface area contributed by atoms with Crippen LogP contribution in [0.5, 0.6) is 0 Å². The monoisotopic (exact) mass is 155 g/mol. The summed E-state index contributed by atoms with van der Waals surface area (Å²) in [5.74, 6) is 0. The molecule has 0 radical (unpaired) electrons. The molecule has 0 saturated heterocycles. The second-order valence-corrected chi connectivity index (χ2v) is 3.41. The van der Waals surface area contributed by atoms with E-state index in [1.54, 1.807) is 0 Å². The molecular weight excluding hydrogens is 146 g/mol. The van der Waals surface area contributed by atoms with E-state index in [2.05, 4.69) is 0 Å². The van der Waals surface area contributed by atoms with Gasteiger partial charge in [0.1, 0.15) is 6.29 Å². The molecule has 1 aromatic heterocycles. The van der Waals surface area contributed by atoms with E-state index < -0.39 is 0 Å². The number of aryl methyl sites for hydroxylation is 1. The summed E-state index contributed by atoms with van der Waals surface area (Å²) in [6.07, 6.45) is 1.31. The summed E-state index contributed by atoms with van der Waals surface area (Å²) in [5.41, 5.74) is 6.54. The molecule has 0 unspecified atom stereocenters. The van der Waals surface area contributed by atoms with Gasteiger partial charge in [0.05, 0.1) is 5.00 Å². The highest BCUT2D eigenvalue weighted by molar-refractivity contribution is 7.16. The van der Waals surface area contributed by atoms with Crippen LogP contribution >= 0.6 is 11.3 Å².